The van der Waals surface area contributed by atoms with Gasteiger partial charge in [-0.05, 0) is 80.9 Å². The van der Waals surface area contributed by atoms with E-state index in [2.05, 4.69) is 49.1 Å². The van der Waals surface area contributed by atoms with Gasteiger partial charge in [-0.2, -0.15) is 5.10 Å². The number of carbonyl (C=O) groups is 1. The molecule has 36 heavy (non-hydrogen) atoms. The van der Waals surface area contributed by atoms with E-state index in [4.69, 9.17) is 15.5 Å². The molecule has 4 aromatic rings. The van der Waals surface area contributed by atoms with E-state index in [1.165, 1.54) is 0 Å². The number of nitrogens with zero attached hydrogens (tertiary/aromatic N) is 4. The second kappa shape index (κ2) is 9.74. The highest BCUT2D eigenvalue weighted by Crippen LogP contribution is 2.37. The Balaban J connectivity index is 1.59. The first-order valence-corrected chi connectivity index (χ1v) is 12.6. The number of hydrogen-bond acceptors (Lipinski definition) is 5. The largest absolute Gasteiger partial charge is 0.492 e. The number of nitrogens with two attached hydrogens (primary N) is 1. The molecule has 186 valence electrons. The molecule has 5 rings (SSSR count). The molecule has 1 amide bonds. The number of primary amides is 1. The normalized spacial score (nSPS) is 16.6. The van der Waals surface area contributed by atoms with E-state index in [0.717, 1.165) is 58.5 Å². The summed E-state index contributed by atoms with van der Waals surface area (Å²) < 4.78 is 8.08. The summed E-state index contributed by atoms with van der Waals surface area (Å²) in [6, 6.07) is 16.5. The van der Waals surface area contributed by atoms with Gasteiger partial charge in [0.1, 0.15) is 18.1 Å². The number of pyridine rings is 1. The summed E-state index contributed by atoms with van der Waals surface area (Å²) in [6.45, 7) is 8.67. The third-order valence-electron chi connectivity index (χ3n) is 7.48. The van der Waals surface area contributed by atoms with Crippen molar-refractivity contribution in [1.29, 1.82) is 0 Å². The number of benzene rings is 2. The van der Waals surface area contributed by atoms with Crippen LogP contribution in [0.1, 0.15) is 53.2 Å². The number of aromatic nitrogens is 3. The molecule has 1 aliphatic heterocycles. The molecule has 2 aromatic heterocycles. The van der Waals surface area contributed by atoms with Gasteiger partial charge in [-0.3, -0.25) is 14.4 Å². The zero-order valence-corrected chi connectivity index (χ0v) is 21.4. The van der Waals surface area contributed by atoms with Crippen LogP contribution in [0.3, 0.4) is 0 Å². The van der Waals surface area contributed by atoms with E-state index >= 15 is 0 Å². The summed E-state index contributed by atoms with van der Waals surface area (Å²) in [5, 5.41) is 5.75. The minimum absolute atomic E-state index is 0.0297. The Morgan fingerprint density at radius 1 is 1.17 bits per heavy atom. The maximum Gasteiger partial charge on any atom is 0.249 e. The highest BCUT2D eigenvalue weighted by molar-refractivity contribution is 5.95. The van der Waals surface area contributed by atoms with Gasteiger partial charge < -0.3 is 10.5 Å². The van der Waals surface area contributed by atoms with Crippen molar-refractivity contribution in [2.24, 2.45) is 5.73 Å². The van der Waals surface area contributed by atoms with Gasteiger partial charge in [0.05, 0.1) is 11.2 Å². The van der Waals surface area contributed by atoms with Gasteiger partial charge in [-0.1, -0.05) is 25.1 Å². The zero-order valence-electron chi connectivity index (χ0n) is 21.4. The van der Waals surface area contributed by atoms with Crippen molar-refractivity contribution in [3.05, 3.63) is 77.0 Å². The number of aryl methyl sites for hydroxylation is 1. The maximum absolute atomic E-state index is 12.4. The van der Waals surface area contributed by atoms with E-state index in [1.54, 1.807) is 6.07 Å². The minimum Gasteiger partial charge on any atom is -0.492 e. The van der Waals surface area contributed by atoms with Crippen molar-refractivity contribution in [2.75, 3.05) is 20.2 Å². The molecule has 1 saturated heterocycles. The summed E-state index contributed by atoms with van der Waals surface area (Å²) in [5.41, 5.74) is 11.9. The fourth-order valence-electron chi connectivity index (χ4n) is 5.00. The molecule has 2 N–H and O–H groups in total. The first kappa shape index (κ1) is 24.0. The van der Waals surface area contributed by atoms with Crippen LogP contribution in [0.2, 0.25) is 0 Å². The van der Waals surface area contributed by atoms with Crippen molar-refractivity contribution in [3.8, 4) is 17.1 Å². The first-order chi connectivity index (χ1) is 17.4. The number of carbonyl (C=O) groups excluding carboxylic acids is 1. The second-order valence-corrected chi connectivity index (χ2v) is 9.68. The first-order valence-electron chi connectivity index (χ1n) is 12.6. The van der Waals surface area contributed by atoms with Gasteiger partial charge in [-0.15, -0.1) is 0 Å². The number of fused-ring (bicyclic) bond motifs is 1. The van der Waals surface area contributed by atoms with Crippen molar-refractivity contribution in [2.45, 2.75) is 45.7 Å². The SMILES string of the molecule is CCn1ccc(-c2cc([C@H](C)c3cc(OC[C@@H]4CCN4C)cc(C(N)=O)c3C)c3ccccc3n2)n1. The van der Waals surface area contributed by atoms with Gasteiger partial charge in [0, 0.05) is 35.7 Å². The summed E-state index contributed by atoms with van der Waals surface area (Å²) in [6.07, 6.45) is 3.09. The lowest BCUT2D eigenvalue weighted by Crippen LogP contribution is -2.48. The molecule has 3 heterocycles. The molecule has 7 nitrogen and oxygen atoms in total. The Kier molecular flexibility index (Phi) is 6.49. The third kappa shape index (κ3) is 4.46. The molecule has 1 aliphatic rings. The number of hydrogen-bond donors (Lipinski definition) is 1. The summed E-state index contributed by atoms with van der Waals surface area (Å²) in [7, 11) is 2.10. The number of amides is 1. The molecule has 7 heteroatoms. The monoisotopic (exact) mass is 483 g/mol. The molecule has 0 saturated carbocycles. The van der Waals surface area contributed by atoms with E-state index in [9.17, 15) is 4.79 Å². The topological polar surface area (TPSA) is 86.3 Å². The molecule has 2 atom stereocenters. The molecule has 0 aliphatic carbocycles. The van der Waals surface area contributed by atoms with E-state index in [-0.39, 0.29) is 5.92 Å². The highest BCUT2D eigenvalue weighted by Gasteiger charge is 2.25. The van der Waals surface area contributed by atoms with E-state index in [1.807, 2.05) is 42.1 Å². The van der Waals surface area contributed by atoms with Crippen LogP contribution < -0.4 is 10.5 Å². The van der Waals surface area contributed by atoms with Crippen molar-refractivity contribution in [1.82, 2.24) is 19.7 Å². The lowest BCUT2D eigenvalue weighted by molar-refractivity contribution is 0.0767. The Morgan fingerprint density at radius 3 is 2.64 bits per heavy atom. The quantitative estimate of drug-likeness (QED) is 0.390. The fraction of sp³-hybridized carbons (Fsp3) is 0.345. The Labute approximate surface area is 211 Å². The Bertz CT molecular complexity index is 1430. The molecule has 0 spiro atoms. The molecule has 1 fully saturated rings. The Morgan fingerprint density at radius 2 is 1.97 bits per heavy atom. The molecule has 0 unspecified atom stereocenters. The fourth-order valence-corrected chi connectivity index (χ4v) is 5.00. The average Bonchev–Trinajstić information content (AvgIpc) is 3.37. The van der Waals surface area contributed by atoms with Crippen LogP contribution in [0.4, 0.5) is 0 Å². The summed E-state index contributed by atoms with van der Waals surface area (Å²) >= 11 is 0. The molecule has 2 aromatic carbocycles. The smallest absolute Gasteiger partial charge is 0.249 e. The van der Waals surface area contributed by atoms with Gasteiger partial charge in [0.15, 0.2) is 0 Å². The summed E-state index contributed by atoms with van der Waals surface area (Å²) in [4.78, 5) is 19.5. The van der Waals surface area contributed by atoms with Gasteiger partial charge in [0.25, 0.3) is 0 Å². The van der Waals surface area contributed by atoms with Crippen LogP contribution in [0.25, 0.3) is 22.3 Å². The van der Waals surface area contributed by atoms with Crippen molar-refractivity contribution in [3.63, 3.8) is 0 Å². The average molecular weight is 484 g/mol. The summed E-state index contributed by atoms with van der Waals surface area (Å²) in [5.74, 6) is 0.201. The lowest BCUT2D eigenvalue weighted by atomic mass is 9.85. The van der Waals surface area contributed by atoms with Gasteiger partial charge in [0.2, 0.25) is 5.91 Å². The number of likely N-dealkylation sites (tertiary alicyclic amines) is 1. The number of likely N-dealkylation sites (N-methyl/N-ethyl adjacent to an activating group) is 1. The number of ether oxygens (including phenoxy) is 1. The van der Waals surface area contributed by atoms with Crippen LogP contribution in [-0.4, -0.2) is 51.8 Å². The predicted octanol–water partition coefficient (Wildman–Crippen LogP) is 4.76. The van der Waals surface area contributed by atoms with Gasteiger partial charge in [-0.25, -0.2) is 4.98 Å². The van der Waals surface area contributed by atoms with Crippen LogP contribution in [0.5, 0.6) is 5.75 Å². The van der Waals surface area contributed by atoms with Crippen molar-refractivity contribution >= 4 is 16.8 Å². The molecular formula is C29H33N5O2. The number of rotatable bonds is 8. The van der Waals surface area contributed by atoms with Gasteiger partial charge >= 0.3 is 0 Å². The Hall–Kier alpha value is -3.71. The predicted molar refractivity (Wildman–Crippen MR) is 142 cm³/mol. The number of para-hydroxylation sites is 1. The molecular weight excluding hydrogens is 450 g/mol. The second-order valence-electron chi connectivity index (χ2n) is 9.68. The van der Waals surface area contributed by atoms with Crippen LogP contribution in [0, 0.1) is 6.92 Å². The maximum atomic E-state index is 12.4. The third-order valence-corrected chi connectivity index (χ3v) is 7.48. The molecule has 0 bridgehead atoms. The van der Waals surface area contributed by atoms with Crippen LogP contribution >= 0.6 is 0 Å². The van der Waals surface area contributed by atoms with Crippen molar-refractivity contribution < 1.29 is 9.53 Å². The highest BCUT2D eigenvalue weighted by atomic mass is 16.5. The lowest BCUT2D eigenvalue weighted by Gasteiger charge is -2.37. The van der Waals surface area contributed by atoms with E-state index < -0.39 is 5.91 Å². The minimum atomic E-state index is -0.447. The van der Waals surface area contributed by atoms with Crippen LogP contribution in [0.15, 0.2) is 54.7 Å². The van der Waals surface area contributed by atoms with E-state index in [0.29, 0.717) is 24.0 Å². The zero-order chi connectivity index (χ0) is 25.4. The van der Waals surface area contributed by atoms with Crippen LogP contribution in [-0.2, 0) is 6.54 Å². The standard InChI is InChI=1S/C29H33N5O2/c1-5-34-13-11-27(32-34)28-16-24(22-8-6-7-9-26(22)31-28)18(2)23-14-21(15-25(19(23)3)29(30)35)36-17-20-10-12-33(20)4/h6-9,11,13-16,18,20H,5,10,12,17H2,1-4H3,(H2,30,35)/t18-,20+/m1/s1. The molecule has 0 radical (unpaired) electrons.